The van der Waals surface area contributed by atoms with E-state index in [-0.39, 0.29) is 5.91 Å². The fourth-order valence-corrected chi connectivity index (χ4v) is 2.07. The van der Waals surface area contributed by atoms with Gasteiger partial charge in [-0.15, -0.1) is 0 Å². The minimum Gasteiger partial charge on any atom is -0.443 e. The number of rotatable bonds is 2. The number of carbonyl (C=O) groups is 1. The average molecular weight is 307 g/mol. The van der Waals surface area contributed by atoms with Crippen LogP contribution in [0.2, 0.25) is 10.0 Å². The maximum atomic E-state index is 12.1. The first-order chi connectivity index (χ1) is 9.63. The van der Waals surface area contributed by atoms with E-state index in [0.29, 0.717) is 32.4 Å². The maximum absolute atomic E-state index is 12.1. The van der Waals surface area contributed by atoms with Crippen LogP contribution in [0.15, 0.2) is 47.2 Å². The highest BCUT2D eigenvalue weighted by molar-refractivity contribution is 6.42. The molecule has 0 aliphatic heterocycles. The number of hydrogen-bond donors (Lipinski definition) is 1. The second kappa shape index (κ2) is 5.15. The Balaban J connectivity index is 1.86. The molecule has 20 heavy (non-hydrogen) atoms. The Morgan fingerprint density at radius 1 is 1.10 bits per heavy atom. The Morgan fingerprint density at radius 2 is 1.95 bits per heavy atom. The normalized spacial score (nSPS) is 10.7. The zero-order valence-electron chi connectivity index (χ0n) is 10.1. The molecule has 1 amide bonds. The summed E-state index contributed by atoms with van der Waals surface area (Å²) in [7, 11) is 0. The summed E-state index contributed by atoms with van der Waals surface area (Å²) in [5.74, 6) is -0.262. The quantitative estimate of drug-likeness (QED) is 0.764. The largest absolute Gasteiger partial charge is 0.443 e. The lowest BCUT2D eigenvalue weighted by Gasteiger charge is -2.06. The van der Waals surface area contributed by atoms with Gasteiger partial charge in [0.15, 0.2) is 12.0 Å². The highest BCUT2D eigenvalue weighted by Gasteiger charge is 2.09. The zero-order valence-corrected chi connectivity index (χ0v) is 11.6. The Bertz CT molecular complexity index is 799. The molecule has 0 aliphatic carbocycles. The second-order valence-corrected chi connectivity index (χ2v) is 4.93. The molecule has 0 spiro atoms. The van der Waals surface area contributed by atoms with E-state index in [2.05, 4.69) is 10.3 Å². The van der Waals surface area contributed by atoms with Crippen molar-refractivity contribution in [2.75, 3.05) is 5.32 Å². The molecule has 2 aromatic carbocycles. The molecule has 0 saturated carbocycles. The van der Waals surface area contributed by atoms with Crippen molar-refractivity contribution in [2.24, 2.45) is 0 Å². The van der Waals surface area contributed by atoms with Gasteiger partial charge in [-0.1, -0.05) is 23.2 Å². The lowest BCUT2D eigenvalue weighted by molar-refractivity contribution is 0.102. The van der Waals surface area contributed by atoms with Gasteiger partial charge in [0.25, 0.3) is 5.91 Å². The van der Waals surface area contributed by atoms with Gasteiger partial charge >= 0.3 is 0 Å². The third-order valence-corrected chi connectivity index (χ3v) is 3.51. The predicted octanol–water partition coefficient (Wildman–Crippen LogP) is 4.39. The van der Waals surface area contributed by atoms with E-state index in [0.717, 1.165) is 0 Å². The molecule has 1 aromatic heterocycles. The van der Waals surface area contributed by atoms with Crippen LogP contribution in [0, 0.1) is 0 Å². The van der Waals surface area contributed by atoms with Crippen molar-refractivity contribution in [3.8, 4) is 0 Å². The number of benzene rings is 2. The standard InChI is InChI=1S/C14H8Cl2N2O2/c15-10-3-2-9(6-11(10)16)18-14(19)8-1-4-12-13(5-8)20-7-17-12/h1-7H,(H,18,19). The minimum atomic E-state index is -0.262. The molecular weight excluding hydrogens is 299 g/mol. The Hall–Kier alpha value is -2.04. The van der Waals surface area contributed by atoms with E-state index in [1.807, 2.05) is 0 Å². The van der Waals surface area contributed by atoms with E-state index in [1.165, 1.54) is 6.39 Å². The van der Waals surface area contributed by atoms with Crippen LogP contribution in [0.3, 0.4) is 0 Å². The number of aromatic nitrogens is 1. The first-order valence-corrected chi connectivity index (χ1v) is 6.49. The summed E-state index contributed by atoms with van der Waals surface area (Å²) in [5.41, 5.74) is 2.31. The van der Waals surface area contributed by atoms with Gasteiger partial charge in [-0.05, 0) is 36.4 Å². The number of nitrogens with zero attached hydrogens (tertiary/aromatic N) is 1. The van der Waals surface area contributed by atoms with Crippen molar-refractivity contribution in [3.05, 3.63) is 58.4 Å². The summed E-state index contributed by atoms with van der Waals surface area (Å²) in [6.07, 6.45) is 1.34. The van der Waals surface area contributed by atoms with Gasteiger partial charge in [0.2, 0.25) is 0 Å². The summed E-state index contributed by atoms with van der Waals surface area (Å²) in [4.78, 5) is 16.1. The molecule has 1 N–H and O–H groups in total. The molecule has 0 radical (unpaired) electrons. The third-order valence-electron chi connectivity index (χ3n) is 2.77. The van der Waals surface area contributed by atoms with E-state index < -0.39 is 0 Å². The predicted molar refractivity (Wildman–Crippen MR) is 78.4 cm³/mol. The van der Waals surface area contributed by atoms with E-state index in [1.54, 1.807) is 36.4 Å². The molecule has 100 valence electrons. The number of anilines is 1. The summed E-state index contributed by atoms with van der Waals surface area (Å²) >= 11 is 11.7. The maximum Gasteiger partial charge on any atom is 0.255 e. The first kappa shape index (κ1) is 13.0. The molecular formula is C14H8Cl2N2O2. The summed E-state index contributed by atoms with van der Waals surface area (Å²) < 4.78 is 5.16. The van der Waals surface area contributed by atoms with Crippen molar-refractivity contribution >= 4 is 45.9 Å². The summed E-state index contributed by atoms with van der Waals surface area (Å²) in [5, 5.41) is 3.56. The fraction of sp³-hybridized carbons (Fsp3) is 0. The number of carbonyl (C=O) groups excluding carboxylic acids is 1. The third kappa shape index (κ3) is 2.48. The molecule has 3 rings (SSSR count). The van der Waals surface area contributed by atoms with Gasteiger partial charge in [0, 0.05) is 11.3 Å². The molecule has 1 heterocycles. The molecule has 4 nitrogen and oxygen atoms in total. The monoisotopic (exact) mass is 306 g/mol. The molecule has 0 bridgehead atoms. The van der Waals surface area contributed by atoms with Crippen molar-refractivity contribution in [2.45, 2.75) is 0 Å². The number of oxazole rings is 1. The summed E-state index contributed by atoms with van der Waals surface area (Å²) in [6.45, 7) is 0. The highest BCUT2D eigenvalue weighted by atomic mass is 35.5. The van der Waals surface area contributed by atoms with Gasteiger partial charge < -0.3 is 9.73 Å². The molecule has 0 saturated heterocycles. The van der Waals surface area contributed by atoms with Crippen LogP contribution in [-0.4, -0.2) is 10.9 Å². The lowest BCUT2D eigenvalue weighted by Crippen LogP contribution is -2.11. The Labute approximate surface area is 124 Å². The van der Waals surface area contributed by atoms with Crippen LogP contribution in [0.5, 0.6) is 0 Å². The van der Waals surface area contributed by atoms with Crippen LogP contribution in [0.1, 0.15) is 10.4 Å². The molecule has 3 aromatic rings. The fourth-order valence-electron chi connectivity index (χ4n) is 1.77. The Morgan fingerprint density at radius 3 is 2.75 bits per heavy atom. The number of nitrogens with one attached hydrogen (secondary N) is 1. The van der Waals surface area contributed by atoms with Gasteiger partial charge in [-0.25, -0.2) is 4.98 Å². The topological polar surface area (TPSA) is 55.1 Å². The van der Waals surface area contributed by atoms with Crippen molar-refractivity contribution in [1.29, 1.82) is 0 Å². The molecule has 6 heteroatoms. The number of hydrogen-bond acceptors (Lipinski definition) is 3. The smallest absolute Gasteiger partial charge is 0.255 e. The SMILES string of the molecule is O=C(Nc1ccc(Cl)c(Cl)c1)c1ccc2ncoc2c1. The number of amides is 1. The Kier molecular flexibility index (Phi) is 3.34. The van der Waals surface area contributed by atoms with Crippen molar-refractivity contribution < 1.29 is 9.21 Å². The molecule has 0 aliphatic rings. The second-order valence-electron chi connectivity index (χ2n) is 4.12. The average Bonchev–Trinajstić information content (AvgIpc) is 2.90. The van der Waals surface area contributed by atoms with E-state index >= 15 is 0 Å². The molecule has 0 fully saturated rings. The van der Waals surface area contributed by atoms with E-state index in [4.69, 9.17) is 27.6 Å². The van der Waals surface area contributed by atoms with Crippen LogP contribution in [0.4, 0.5) is 5.69 Å². The van der Waals surface area contributed by atoms with Gasteiger partial charge in [0.1, 0.15) is 5.52 Å². The van der Waals surface area contributed by atoms with Gasteiger partial charge in [-0.3, -0.25) is 4.79 Å². The molecule has 0 unspecified atom stereocenters. The number of halogens is 2. The van der Waals surface area contributed by atoms with Crippen LogP contribution >= 0.6 is 23.2 Å². The first-order valence-electron chi connectivity index (χ1n) is 5.73. The lowest BCUT2D eigenvalue weighted by atomic mass is 10.2. The number of fused-ring (bicyclic) bond motifs is 1. The van der Waals surface area contributed by atoms with Gasteiger partial charge in [0.05, 0.1) is 10.0 Å². The van der Waals surface area contributed by atoms with Crippen LogP contribution in [0.25, 0.3) is 11.1 Å². The van der Waals surface area contributed by atoms with Crippen LogP contribution < -0.4 is 5.32 Å². The van der Waals surface area contributed by atoms with Gasteiger partial charge in [-0.2, -0.15) is 0 Å². The van der Waals surface area contributed by atoms with Crippen LogP contribution in [-0.2, 0) is 0 Å². The minimum absolute atomic E-state index is 0.262. The van der Waals surface area contributed by atoms with E-state index in [9.17, 15) is 4.79 Å². The molecule has 0 atom stereocenters. The highest BCUT2D eigenvalue weighted by Crippen LogP contribution is 2.25. The van der Waals surface area contributed by atoms with Crippen molar-refractivity contribution in [1.82, 2.24) is 4.98 Å². The zero-order chi connectivity index (χ0) is 14.1. The van der Waals surface area contributed by atoms with Crippen molar-refractivity contribution in [3.63, 3.8) is 0 Å². The summed E-state index contributed by atoms with van der Waals surface area (Å²) in [6, 6.07) is 9.93.